The Kier molecular flexibility index (Phi) is 6.22. The second-order valence-electron chi connectivity index (χ2n) is 7.04. The van der Waals surface area contributed by atoms with E-state index in [1.54, 1.807) is 0 Å². The quantitative estimate of drug-likeness (QED) is 0.822. The highest BCUT2D eigenvalue weighted by atomic mass is 16.3. The molecule has 0 aromatic heterocycles. The van der Waals surface area contributed by atoms with Crippen LogP contribution in [0.5, 0.6) is 0 Å². The van der Waals surface area contributed by atoms with Crippen LogP contribution in [0.1, 0.15) is 65.2 Å². The highest BCUT2D eigenvalue weighted by molar-refractivity contribution is 5.29. The molecule has 2 N–H and O–H groups in total. The molecule has 0 radical (unpaired) electrons. The molecule has 0 aliphatic rings. The van der Waals surface area contributed by atoms with Crippen LogP contribution < -0.4 is 5.32 Å². The van der Waals surface area contributed by atoms with Gasteiger partial charge in [-0.05, 0) is 35.4 Å². The molecule has 0 heterocycles. The second-order valence-corrected chi connectivity index (χ2v) is 7.04. The molecule has 20 heavy (non-hydrogen) atoms. The fourth-order valence-corrected chi connectivity index (χ4v) is 2.41. The molecule has 114 valence electrons. The van der Waals surface area contributed by atoms with Crippen molar-refractivity contribution in [1.82, 2.24) is 5.32 Å². The Morgan fingerprint density at radius 3 is 2.05 bits per heavy atom. The third-order valence-corrected chi connectivity index (χ3v) is 3.81. The lowest BCUT2D eigenvalue weighted by Gasteiger charge is -2.28. The maximum Gasteiger partial charge on any atom is 0.0945 e. The molecule has 0 bridgehead atoms. The molecule has 2 heteroatoms. The zero-order valence-electron chi connectivity index (χ0n) is 13.9. The van der Waals surface area contributed by atoms with E-state index in [2.05, 4.69) is 71.1 Å². The van der Waals surface area contributed by atoms with Gasteiger partial charge in [-0.1, -0.05) is 65.8 Å². The normalized spacial score (nSPS) is 15.4. The Morgan fingerprint density at radius 1 is 1.10 bits per heavy atom. The monoisotopic (exact) mass is 277 g/mol. The zero-order valence-corrected chi connectivity index (χ0v) is 13.9. The fourth-order valence-electron chi connectivity index (χ4n) is 2.41. The number of benzene rings is 1. The summed E-state index contributed by atoms with van der Waals surface area (Å²) in [5.74, 6) is 0.402. The third kappa shape index (κ3) is 4.60. The highest BCUT2D eigenvalue weighted by Crippen LogP contribution is 2.26. The Hall–Kier alpha value is -0.860. The maximum absolute atomic E-state index is 10.6. The summed E-state index contributed by atoms with van der Waals surface area (Å²) >= 11 is 0. The van der Waals surface area contributed by atoms with Crippen molar-refractivity contribution in [2.24, 2.45) is 5.92 Å². The molecule has 0 aliphatic heterocycles. The van der Waals surface area contributed by atoms with Crippen molar-refractivity contribution in [3.63, 3.8) is 0 Å². The van der Waals surface area contributed by atoms with Crippen molar-refractivity contribution >= 4 is 0 Å². The van der Waals surface area contributed by atoms with E-state index >= 15 is 0 Å². The summed E-state index contributed by atoms with van der Waals surface area (Å²) < 4.78 is 0. The van der Waals surface area contributed by atoms with E-state index in [4.69, 9.17) is 0 Å². The number of rotatable bonds is 6. The molecule has 2 atom stereocenters. The minimum absolute atomic E-state index is 0.107. The molecule has 0 saturated carbocycles. The van der Waals surface area contributed by atoms with Crippen molar-refractivity contribution in [1.29, 1.82) is 0 Å². The predicted molar refractivity (Wildman–Crippen MR) is 87.0 cm³/mol. The van der Waals surface area contributed by atoms with Crippen LogP contribution in [0.4, 0.5) is 0 Å². The van der Waals surface area contributed by atoms with Crippen LogP contribution >= 0.6 is 0 Å². The Morgan fingerprint density at radius 2 is 1.65 bits per heavy atom. The van der Waals surface area contributed by atoms with Gasteiger partial charge in [0.2, 0.25) is 0 Å². The van der Waals surface area contributed by atoms with Gasteiger partial charge in [-0.3, -0.25) is 0 Å². The summed E-state index contributed by atoms with van der Waals surface area (Å²) in [4.78, 5) is 0. The minimum Gasteiger partial charge on any atom is -0.387 e. The Bertz CT molecular complexity index is 389. The van der Waals surface area contributed by atoms with E-state index in [0.29, 0.717) is 5.92 Å². The summed E-state index contributed by atoms with van der Waals surface area (Å²) in [5, 5.41) is 14.1. The average molecular weight is 277 g/mol. The van der Waals surface area contributed by atoms with E-state index in [0.717, 1.165) is 18.5 Å². The molecular weight excluding hydrogens is 246 g/mol. The summed E-state index contributed by atoms with van der Waals surface area (Å²) in [6, 6.07) is 8.50. The first-order valence-corrected chi connectivity index (χ1v) is 7.79. The molecule has 1 aromatic carbocycles. The lowest BCUT2D eigenvalue weighted by atomic mass is 9.85. The first kappa shape index (κ1) is 17.2. The SMILES string of the molecule is CCCNC(C(C)C)C(O)c1ccc(C(C)(C)C)cc1. The summed E-state index contributed by atoms with van der Waals surface area (Å²) in [6.07, 6.45) is 0.634. The molecule has 2 unspecified atom stereocenters. The van der Waals surface area contributed by atoms with E-state index in [9.17, 15) is 5.11 Å². The smallest absolute Gasteiger partial charge is 0.0945 e. The van der Waals surface area contributed by atoms with Gasteiger partial charge >= 0.3 is 0 Å². The van der Waals surface area contributed by atoms with Crippen molar-refractivity contribution in [3.05, 3.63) is 35.4 Å². The molecule has 0 amide bonds. The lowest BCUT2D eigenvalue weighted by molar-refractivity contribution is 0.105. The predicted octanol–water partition coefficient (Wildman–Crippen LogP) is 4.04. The van der Waals surface area contributed by atoms with Gasteiger partial charge in [-0.25, -0.2) is 0 Å². The lowest BCUT2D eigenvalue weighted by Crippen LogP contribution is -2.39. The standard InChI is InChI=1S/C18H31NO/c1-7-12-19-16(13(2)3)17(20)14-8-10-15(11-9-14)18(4,5)6/h8-11,13,16-17,19-20H,7,12H2,1-6H3. The third-order valence-electron chi connectivity index (χ3n) is 3.81. The summed E-state index contributed by atoms with van der Waals surface area (Å²) in [7, 11) is 0. The first-order valence-electron chi connectivity index (χ1n) is 7.79. The molecule has 1 rings (SSSR count). The van der Waals surface area contributed by atoms with Crippen LogP contribution in [-0.4, -0.2) is 17.7 Å². The van der Waals surface area contributed by atoms with Crippen LogP contribution in [0.2, 0.25) is 0 Å². The molecule has 0 fully saturated rings. The molecule has 0 spiro atoms. The van der Waals surface area contributed by atoms with Crippen LogP contribution in [-0.2, 0) is 5.41 Å². The fraction of sp³-hybridized carbons (Fsp3) is 0.667. The van der Waals surface area contributed by atoms with E-state index < -0.39 is 6.10 Å². The highest BCUT2D eigenvalue weighted by Gasteiger charge is 2.23. The number of hydrogen-bond donors (Lipinski definition) is 2. The van der Waals surface area contributed by atoms with E-state index in [1.807, 2.05) is 0 Å². The van der Waals surface area contributed by atoms with Crippen molar-refractivity contribution in [3.8, 4) is 0 Å². The summed E-state index contributed by atoms with van der Waals surface area (Å²) in [5.41, 5.74) is 2.46. The minimum atomic E-state index is -0.449. The Labute approximate surface area is 124 Å². The van der Waals surface area contributed by atoms with Gasteiger partial charge in [0.1, 0.15) is 0 Å². The molecule has 2 nitrogen and oxygen atoms in total. The van der Waals surface area contributed by atoms with Crippen LogP contribution in [0.3, 0.4) is 0 Å². The average Bonchev–Trinajstić information content (AvgIpc) is 2.37. The van der Waals surface area contributed by atoms with Gasteiger partial charge in [0.15, 0.2) is 0 Å². The molecule has 0 aliphatic carbocycles. The van der Waals surface area contributed by atoms with Crippen LogP contribution in [0, 0.1) is 5.92 Å². The van der Waals surface area contributed by atoms with Gasteiger partial charge in [0.05, 0.1) is 6.10 Å². The number of aliphatic hydroxyl groups is 1. The molecular formula is C18H31NO. The van der Waals surface area contributed by atoms with Gasteiger partial charge < -0.3 is 10.4 Å². The van der Waals surface area contributed by atoms with Crippen LogP contribution in [0.15, 0.2) is 24.3 Å². The molecule has 0 saturated heterocycles. The van der Waals surface area contributed by atoms with Gasteiger partial charge in [0, 0.05) is 6.04 Å². The van der Waals surface area contributed by atoms with E-state index in [-0.39, 0.29) is 11.5 Å². The van der Waals surface area contributed by atoms with Crippen molar-refractivity contribution < 1.29 is 5.11 Å². The van der Waals surface area contributed by atoms with Crippen molar-refractivity contribution in [2.75, 3.05) is 6.54 Å². The molecule has 1 aromatic rings. The zero-order chi connectivity index (χ0) is 15.3. The number of nitrogens with one attached hydrogen (secondary N) is 1. The first-order chi connectivity index (χ1) is 9.27. The Balaban J connectivity index is 2.86. The number of hydrogen-bond acceptors (Lipinski definition) is 2. The second kappa shape index (κ2) is 7.24. The van der Waals surface area contributed by atoms with Crippen LogP contribution in [0.25, 0.3) is 0 Å². The summed E-state index contributed by atoms with van der Waals surface area (Å²) in [6.45, 7) is 14.0. The van der Waals surface area contributed by atoms with Crippen molar-refractivity contribution in [2.45, 2.75) is 65.5 Å². The maximum atomic E-state index is 10.6. The largest absolute Gasteiger partial charge is 0.387 e. The van der Waals surface area contributed by atoms with Gasteiger partial charge in [0.25, 0.3) is 0 Å². The van der Waals surface area contributed by atoms with Gasteiger partial charge in [-0.15, -0.1) is 0 Å². The van der Waals surface area contributed by atoms with Gasteiger partial charge in [-0.2, -0.15) is 0 Å². The van der Waals surface area contributed by atoms with E-state index in [1.165, 1.54) is 5.56 Å². The number of aliphatic hydroxyl groups excluding tert-OH is 1. The topological polar surface area (TPSA) is 32.3 Å².